The van der Waals surface area contributed by atoms with Gasteiger partial charge in [0.1, 0.15) is 0 Å². The van der Waals surface area contributed by atoms with E-state index in [4.69, 9.17) is 0 Å². The van der Waals surface area contributed by atoms with Crippen LogP contribution in [0.1, 0.15) is 26.3 Å². The van der Waals surface area contributed by atoms with E-state index < -0.39 is 0 Å². The molecule has 0 saturated carbocycles. The minimum absolute atomic E-state index is 0.0188. The van der Waals surface area contributed by atoms with Crippen LogP contribution in [0.2, 0.25) is 0 Å². The predicted molar refractivity (Wildman–Crippen MR) is 102 cm³/mol. The first-order valence-corrected chi connectivity index (χ1v) is 9.13. The zero-order valence-electron chi connectivity index (χ0n) is 16.2. The van der Waals surface area contributed by atoms with Crippen LogP contribution in [0.3, 0.4) is 0 Å². The highest BCUT2D eigenvalue weighted by Gasteiger charge is 2.20. The summed E-state index contributed by atoms with van der Waals surface area (Å²) >= 11 is 0. The number of quaternary nitrogens is 1. The molecule has 7 heteroatoms. The number of carbonyl (C=O) groups is 3. The van der Waals surface area contributed by atoms with Gasteiger partial charge in [-0.15, -0.1) is 0 Å². The first-order chi connectivity index (χ1) is 12.4. The summed E-state index contributed by atoms with van der Waals surface area (Å²) < 4.78 is 0. The van der Waals surface area contributed by atoms with Crippen molar-refractivity contribution in [2.75, 3.05) is 45.1 Å². The van der Waals surface area contributed by atoms with Gasteiger partial charge in [-0.05, 0) is 31.9 Å². The molecule has 0 spiro atoms. The second kappa shape index (κ2) is 11.3. The van der Waals surface area contributed by atoms with Crippen molar-refractivity contribution in [2.45, 2.75) is 27.2 Å². The number of carbonyl (C=O) groups excluding carboxylic acids is 3. The summed E-state index contributed by atoms with van der Waals surface area (Å²) in [5.41, 5.74) is 1.83. The van der Waals surface area contributed by atoms with Crippen molar-refractivity contribution in [1.82, 2.24) is 10.2 Å². The van der Waals surface area contributed by atoms with Gasteiger partial charge in [0.15, 0.2) is 13.1 Å². The fraction of sp³-hybridized carbons (Fsp3) is 0.526. The minimum atomic E-state index is -0.233. The molecule has 26 heavy (non-hydrogen) atoms. The maximum absolute atomic E-state index is 12.4. The third-order valence-electron chi connectivity index (χ3n) is 4.16. The van der Waals surface area contributed by atoms with Crippen LogP contribution in [-0.2, 0) is 20.8 Å². The zero-order valence-corrected chi connectivity index (χ0v) is 16.2. The van der Waals surface area contributed by atoms with Crippen molar-refractivity contribution in [3.05, 3.63) is 29.8 Å². The van der Waals surface area contributed by atoms with E-state index in [1.54, 1.807) is 7.05 Å². The maximum Gasteiger partial charge on any atom is 0.277 e. The Morgan fingerprint density at radius 1 is 1.04 bits per heavy atom. The van der Waals surface area contributed by atoms with Gasteiger partial charge in [0.05, 0.1) is 13.1 Å². The Labute approximate surface area is 155 Å². The number of hydrogen-bond donors (Lipinski definition) is 3. The van der Waals surface area contributed by atoms with Crippen LogP contribution >= 0.6 is 0 Å². The summed E-state index contributed by atoms with van der Waals surface area (Å²) in [4.78, 5) is 38.5. The number of rotatable bonds is 10. The van der Waals surface area contributed by atoms with Crippen LogP contribution in [0, 0.1) is 0 Å². The van der Waals surface area contributed by atoms with Crippen molar-refractivity contribution < 1.29 is 19.3 Å². The summed E-state index contributed by atoms with van der Waals surface area (Å²) in [6.07, 6.45) is 0.819. The van der Waals surface area contributed by atoms with Crippen molar-refractivity contribution in [3.63, 3.8) is 0 Å². The lowest BCUT2D eigenvalue weighted by Crippen LogP contribution is -3.14. The van der Waals surface area contributed by atoms with Gasteiger partial charge in [0.25, 0.3) is 11.8 Å². The first kappa shape index (κ1) is 21.6. The van der Waals surface area contributed by atoms with Gasteiger partial charge in [0, 0.05) is 19.3 Å². The van der Waals surface area contributed by atoms with Crippen molar-refractivity contribution in [3.8, 4) is 0 Å². The van der Waals surface area contributed by atoms with E-state index in [-0.39, 0.29) is 37.4 Å². The molecule has 3 amide bonds. The molecule has 7 nitrogen and oxygen atoms in total. The largest absolute Gasteiger partial charge is 0.351 e. The quantitative estimate of drug-likeness (QED) is 0.533. The molecule has 0 bridgehead atoms. The summed E-state index contributed by atoms with van der Waals surface area (Å²) in [7, 11) is 1.60. The lowest BCUT2D eigenvalue weighted by molar-refractivity contribution is -0.882. The van der Waals surface area contributed by atoms with Gasteiger partial charge >= 0.3 is 0 Å². The summed E-state index contributed by atoms with van der Waals surface area (Å²) in [5.74, 6) is -0.470. The number of aryl methyl sites for hydroxylation is 1. The number of amides is 3. The molecule has 0 aliphatic rings. The first-order valence-electron chi connectivity index (χ1n) is 9.13. The van der Waals surface area contributed by atoms with Crippen LogP contribution in [0.15, 0.2) is 24.3 Å². The van der Waals surface area contributed by atoms with Crippen molar-refractivity contribution >= 4 is 23.4 Å². The lowest BCUT2D eigenvalue weighted by atomic mass is 10.1. The standard InChI is InChI=1S/C19H30N4O3/c1-5-15-10-8-9-11-16(15)21-18(25)12-22(4)19(26)14-23(7-3)13-17(24)20-6-2/h8-11H,5-7,12-14H2,1-4H3,(H,20,24)(H,21,25)/p+1. The monoisotopic (exact) mass is 363 g/mol. The summed E-state index contributed by atoms with van der Waals surface area (Å²) in [6.45, 7) is 7.46. The molecule has 1 aromatic carbocycles. The molecule has 0 heterocycles. The van der Waals surface area contributed by atoms with E-state index in [0.29, 0.717) is 13.1 Å². The molecular formula is C19H31N4O3+. The molecule has 3 N–H and O–H groups in total. The highest BCUT2D eigenvalue weighted by atomic mass is 16.2. The van der Waals surface area contributed by atoms with Gasteiger partial charge < -0.3 is 20.4 Å². The highest BCUT2D eigenvalue weighted by Crippen LogP contribution is 2.15. The topological polar surface area (TPSA) is 83.0 Å². The van der Waals surface area contributed by atoms with Gasteiger partial charge in [-0.3, -0.25) is 14.4 Å². The van der Waals surface area contributed by atoms with E-state index in [1.165, 1.54) is 4.90 Å². The number of hydrogen-bond acceptors (Lipinski definition) is 3. The van der Waals surface area contributed by atoms with Gasteiger partial charge in [0.2, 0.25) is 5.91 Å². The van der Waals surface area contributed by atoms with Crippen LogP contribution in [0.5, 0.6) is 0 Å². The number of benzene rings is 1. The van der Waals surface area contributed by atoms with E-state index in [1.807, 2.05) is 45.0 Å². The Morgan fingerprint density at radius 3 is 2.35 bits per heavy atom. The Morgan fingerprint density at radius 2 is 1.73 bits per heavy atom. The van der Waals surface area contributed by atoms with Crippen LogP contribution in [0.25, 0.3) is 0 Å². The lowest BCUT2D eigenvalue weighted by Gasteiger charge is -2.21. The Kier molecular flexibility index (Phi) is 9.36. The van der Waals surface area contributed by atoms with E-state index >= 15 is 0 Å². The third-order valence-corrected chi connectivity index (χ3v) is 4.16. The number of nitrogens with zero attached hydrogens (tertiary/aromatic N) is 1. The van der Waals surface area contributed by atoms with Crippen LogP contribution in [0.4, 0.5) is 5.69 Å². The Balaban J connectivity index is 2.54. The average molecular weight is 363 g/mol. The van der Waals surface area contributed by atoms with Gasteiger partial charge in [-0.2, -0.15) is 0 Å². The molecule has 1 unspecified atom stereocenters. The molecule has 0 fully saturated rings. The van der Waals surface area contributed by atoms with Gasteiger partial charge in [-0.25, -0.2) is 0 Å². The molecular weight excluding hydrogens is 332 g/mol. The summed E-state index contributed by atoms with van der Waals surface area (Å²) in [6, 6.07) is 7.62. The highest BCUT2D eigenvalue weighted by molar-refractivity contribution is 5.95. The van der Waals surface area contributed by atoms with E-state index in [9.17, 15) is 14.4 Å². The fourth-order valence-corrected chi connectivity index (χ4v) is 2.59. The van der Waals surface area contributed by atoms with Crippen LogP contribution < -0.4 is 15.5 Å². The number of anilines is 1. The zero-order chi connectivity index (χ0) is 19.5. The minimum Gasteiger partial charge on any atom is -0.351 e. The molecule has 0 aliphatic heterocycles. The van der Waals surface area contributed by atoms with Crippen molar-refractivity contribution in [2.24, 2.45) is 0 Å². The molecule has 1 aromatic rings. The molecule has 1 atom stereocenters. The molecule has 0 saturated heterocycles. The molecule has 1 rings (SSSR count). The number of likely N-dealkylation sites (N-methyl/N-ethyl adjacent to an activating group) is 3. The molecule has 0 aromatic heterocycles. The molecule has 144 valence electrons. The van der Waals surface area contributed by atoms with Gasteiger partial charge in [-0.1, -0.05) is 25.1 Å². The normalized spacial score (nSPS) is 11.5. The fourth-order valence-electron chi connectivity index (χ4n) is 2.59. The van der Waals surface area contributed by atoms with Crippen LogP contribution in [-0.4, -0.2) is 62.4 Å². The maximum atomic E-state index is 12.4. The SMILES string of the molecule is CCNC(=O)C[NH+](CC)CC(=O)N(C)CC(=O)Nc1ccccc1CC. The Hall–Kier alpha value is -2.41. The smallest absolute Gasteiger partial charge is 0.277 e. The molecule has 0 aliphatic carbocycles. The number of nitrogens with one attached hydrogen (secondary N) is 3. The second-order valence-electron chi connectivity index (χ2n) is 6.22. The predicted octanol–water partition coefficient (Wildman–Crippen LogP) is -0.313. The summed E-state index contributed by atoms with van der Waals surface area (Å²) in [5, 5.41) is 5.59. The second-order valence-corrected chi connectivity index (χ2v) is 6.22. The van der Waals surface area contributed by atoms with E-state index in [0.717, 1.165) is 22.6 Å². The number of para-hydroxylation sites is 1. The molecule has 0 radical (unpaired) electrons. The van der Waals surface area contributed by atoms with E-state index in [2.05, 4.69) is 10.6 Å². The van der Waals surface area contributed by atoms with Crippen molar-refractivity contribution in [1.29, 1.82) is 0 Å². The Bertz CT molecular complexity index is 619. The third kappa shape index (κ3) is 7.23. The average Bonchev–Trinajstić information content (AvgIpc) is 2.61.